The Labute approximate surface area is 186 Å². The van der Waals surface area contributed by atoms with Gasteiger partial charge in [0.15, 0.2) is 11.9 Å². The molecule has 3 N–H and O–H groups in total. The molecule has 0 amide bonds. The number of aromatic amines is 1. The minimum absolute atomic E-state index is 0.0171. The number of nitrogens with one attached hydrogen (secondary N) is 1. The molecule has 4 aromatic rings. The van der Waals surface area contributed by atoms with Crippen molar-refractivity contribution in [1.82, 2.24) is 9.97 Å². The Morgan fingerprint density at radius 3 is 2.48 bits per heavy atom. The van der Waals surface area contributed by atoms with Crippen LogP contribution in [-0.2, 0) is 4.74 Å². The number of benzene rings is 3. The number of aliphatic hydroxyl groups excluding tert-OH is 2. The van der Waals surface area contributed by atoms with Crippen molar-refractivity contribution in [3.8, 4) is 28.3 Å². The van der Waals surface area contributed by atoms with E-state index in [-0.39, 0.29) is 41.6 Å². The van der Waals surface area contributed by atoms with Crippen LogP contribution in [0.1, 0.15) is 0 Å². The largest absolute Gasteiger partial charge is 0.456 e. The van der Waals surface area contributed by atoms with Gasteiger partial charge in [-0.2, -0.15) is 4.98 Å². The molecule has 1 aliphatic heterocycles. The van der Waals surface area contributed by atoms with Crippen LogP contribution in [0.15, 0.2) is 54.6 Å². The molecule has 1 aromatic heterocycles. The number of aromatic nitrogens is 2. The van der Waals surface area contributed by atoms with Crippen LogP contribution in [0.4, 0.5) is 13.2 Å². The zero-order valence-electron chi connectivity index (χ0n) is 17.1. The maximum Gasteiger partial charge on any atom is 0.295 e. The molecule has 5 rings (SSSR count). The molecule has 6 nitrogen and oxygen atoms in total. The lowest BCUT2D eigenvalue weighted by molar-refractivity contribution is -0.00390. The van der Waals surface area contributed by atoms with Crippen LogP contribution in [0, 0.1) is 17.5 Å². The van der Waals surface area contributed by atoms with E-state index in [4.69, 9.17) is 14.6 Å². The van der Waals surface area contributed by atoms with Crippen LogP contribution in [0.5, 0.6) is 6.01 Å². The minimum atomic E-state index is -1.09. The Morgan fingerprint density at radius 2 is 1.79 bits per heavy atom. The van der Waals surface area contributed by atoms with Crippen LogP contribution in [-0.4, -0.2) is 51.7 Å². The summed E-state index contributed by atoms with van der Waals surface area (Å²) < 4.78 is 54.4. The monoisotopic (exact) mass is 456 g/mol. The third kappa shape index (κ3) is 3.95. The minimum Gasteiger partial charge on any atom is -0.456 e. The van der Waals surface area contributed by atoms with E-state index in [1.54, 1.807) is 36.4 Å². The topological polar surface area (TPSA) is 87.6 Å². The molecule has 9 heteroatoms. The van der Waals surface area contributed by atoms with Crippen molar-refractivity contribution in [3.05, 3.63) is 72.0 Å². The predicted octanol–water partition coefficient (Wildman–Crippen LogP) is 3.81. The third-order valence-electron chi connectivity index (χ3n) is 5.66. The standard InChI is InChI=1S/C24H19F3N2O4/c25-15-3-1-2-14(8-15)12-4-6-13(7-5-12)20-16(26)9-17-22(21(20)27)29-24(28-17)33-19-11-32-18(10-30)23(19)31/h1-9,18-19,23,30-31H,10-11H2,(H,28,29)/t18-,19-,23?/m1/s1. The van der Waals surface area contributed by atoms with Crippen LogP contribution in [0.25, 0.3) is 33.3 Å². The van der Waals surface area contributed by atoms with Gasteiger partial charge in [0.05, 0.1) is 24.3 Å². The lowest BCUT2D eigenvalue weighted by atomic mass is 9.99. The molecular weight excluding hydrogens is 437 g/mol. The quantitative estimate of drug-likeness (QED) is 0.425. The summed E-state index contributed by atoms with van der Waals surface area (Å²) in [6.07, 6.45) is -2.68. The summed E-state index contributed by atoms with van der Waals surface area (Å²) in [7, 11) is 0. The normalized spacial score (nSPS) is 20.5. The number of hydrogen-bond donors (Lipinski definition) is 3. The number of aliphatic hydroxyl groups is 2. The van der Waals surface area contributed by atoms with Crippen LogP contribution >= 0.6 is 0 Å². The highest BCUT2D eigenvalue weighted by molar-refractivity contribution is 5.84. The number of rotatable bonds is 5. The molecule has 3 aromatic carbocycles. The molecule has 170 valence electrons. The zero-order chi connectivity index (χ0) is 23.1. The maximum absolute atomic E-state index is 15.3. The summed E-state index contributed by atoms with van der Waals surface area (Å²) in [6, 6.07) is 13.5. The van der Waals surface area contributed by atoms with E-state index in [1.807, 2.05) is 0 Å². The second kappa shape index (κ2) is 8.51. The first-order chi connectivity index (χ1) is 15.9. The smallest absolute Gasteiger partial charge is 0.295 e. The Kier molecular flexibility index (Phi) is 5.53. The molecule has 3 atom stereocenters. The van der Waals surface area contributed by atoms with Gasteiger partial charge in [0.1, 0.15) is 29.4 Å². The van der Waals surface area contributed by atoms with E-state index in [9.17, 15) is 13.9 Å². The molecule has 2 heterocycles. The second-order valence-electron chi connectivity index (χ2n) is 7.77. The van der Waals surface area contributed by atoms with Crippen molar-refractivity contribution in [3.63, 3.8) is 0 Å². The van der Waals surface area contributed by atoms with Gasteiger partial charge in [-0.15, -0.1) is 0 Å². The Bertz CT molecular complexity index is 1310. The van der Waals surface area contributed by atoms with Crippen molar-refractivity contribution >= 4 is 11.0 Å². The average Bonchev–Trinajstić information content (AvgIpc) is 3.37. The Morgan fingerprint density at radius 1 is 1.03 bits per heavy atom. The fourth-order valence-corrected chi connectivity index (χ4v) is 3.94. The molecule has 0 saturated carbocycles. The van der Waals surface area contributed by atoms with Crippen LogP contribution in [0.3, 0.4) is 0 Å². The SMILES string of the molecule is OC[C@H]1OC[C@@H](Oc2nc3c(F)c(-c4ccc(-c5cccc(F)c5)cc4)c(F)cc3[nH]2)C1O. The van der Waals surface area contributed by atoms with Gasteiger partial charge in [-0.05, 0) is 28.8 Å². The van der Waals surface area contributed by atoms with Gasteiger partial charge in [-0.1, -0.05) is 36.4 Å². The van der Waals surface area contributed by atoms with E-state index in [0.29, 0.717) is 16.7 Å². The van der Waals surface area contributed by atoms with Gasteiger partial charge >= 0.3 is 0 Å². The summed E-state index contributed by atoms with van der Waals surface area (Å²) in [5.74, 6) is -2.04. The van der Waals surface area contributed by atoms with Gasteiger partial charge in [0.25, 0.3) is 6.01 Å². The zero-order valence-corrected chi connectivity index (χ0v) is 17.1. The number of nitrogens with zero attached hydrogens (tertiary/aromatic N) is 1. The highest BCUT2D eigenvalue weighted by atomic mass is 19.1. The Balaban J connectivity index is 1.45. The summed E-state index contributed by atoms with van der Waals surface area (Å²) >= 11 is 0. The summed E-state index contributed by atoms with van der Waals surface area (Å²) in [5.41, 5.74) is 1.36. The Hall–Kier alpha value is -3.40. The first-order valence-corrected chi connectivity index (χ1v) is 10.3. The fraction of sp³-hybridized carbons (Fsp3) is 0.208. The lowest BCUT2D eigenvalue weighted by Gasteiger charge is -2.15. The number of fused-ring (bicyclic) bond motifs is 1. The highest BCUT2D eigenvalue weighted by Gasteiger charge is 2.37. The van der Waals surface area contributed by atoms with E-state index < -0.39 is 29.9 Å². The van der Waals surface area contributed by atoms with Gasteiger partial charge in [0.2, 0.25) is 0 Å². The van der Waals surface area contributed by atoms with Crippen LogP contribution in [0.2, 0.25) is 0 Å². The average molecular weight is 456 g/mol. The molecule has 1 unspecified atom stereocenters. The van der Waals surface area contributed by atoms with Crippen molar-refractivity contribution < 1.29 is 32.9 Å². The third-order valence-corrected chi connectivity index (χ3v) is 5.66. The molecule has 0 spiro atoms. The van der Waals surface area contributed by atoms with Crippen LogP contribution < -0.4 is 4.74 Å². The van der Waals surface area contributed by atoms with Gasteiger partial charge in [-0.25, -0.2) is 13.2 Å². The van der Waals surface area contributed by atoms with Crippen molar-refractivity contribution in [2.24, 2.45) is 0 Å². The summed E-state index contributed by atoms with van der Waals surface area (Å²) in [6.45, 7) is -0.356. The lowest BCUT2D eigenvalue weighted by Crippen LogP contribution is -2.36. The summed E-state index contributed by atoms with van der Waals surface area (Å²) in [4.78, 5) is 6.77. The molecule has 0 radical (unpaired) electrons. The maximum atomic E-state index is 15.3. The van der Waals surface area contributed by atoms with Crippen molar-refractivity contribution in [2.75, 3.05) is 13.2 Å². The number of hydrogen-bond acceptors (Lipinski definition) is 5. The van der Waals surface area contributed by atoms with Crippen molar-refractivity contribution in [1.29, 1.82) is 0 Å². The predicted molar refractivity (Wildman–Crippen MR) is 114 cm³/mol. The van der Waals surface area contributed by atoms with E-state index in [2.05, 4.69) is 9.97 Å². The molecule has 1 fully saturated rings. The van der Waals surface area contributed by atoms with E-state index in [0.717, 1.165) is 6.07 Å². The molecule has 33 heavy (non-hydrogen) atoms. The molecule has 0 aliphatic carbocycles. The molecule has 1 saturated heterocycles. The van der Waals surface area contributed by atoms with Gasteiger partial charge in [-0.3, -0.25) is 0 Å². The first-order valence-electron chi connectivity index (χ1n) is 10.3. The number of halogens is 3. The molecule has 0 bridgehead atoms. The van der Waals surface area contributed by atoms with E-state index in [1.165, 1.54) is 12.1 Å². The molecule has 1 aliphatic rings. The number of imidazole rings is 1. The fourth-order valence-electron chi connectivity index (χ4n) is 3.94. The second-order valence-corrected chi connectivity index (χ2v) is 7.77. The van der Waals surface area contributed by atoms with Gasteiger partial charge in [0, 0.05) is 6.07 Å². The number of H-pyrrole nitrogens is 1. The molecular formula is C24H19F3N2O4. The van der Waals surface area contributed by atoms with Gasteiger partial charge < -0.3 is 24.7 Å². The first kappa shape index (κ1) is 21.4. The van der Waals surface area contributed by atoms with Crippen molar-refractivity contribution in [2.45, 2.75) is 18.3 Å². The highest BCUT2D eigenvalue weighted by Crippen LogP contribution is 2.33. The van der Waals surface area contributed by atoms with E-state index >= 15 is 4.39 Å². The summed E-state index contributed by atoms with van der Waals surface area (Å²) in [5, 5.41) is 19.3. The number of ether oxygens (including phenoxy) is 2.